The molecule has 0 saturated heterocycles. The number of nitrogen functional groups attached to an aromatic ring is 1. The first kappa shape index (κ1) is 9.10. The van der Waals surface area contributed by atoms with E-state index >= 15 is 0 Å². The molecule has 1 atom stereocenters. The van der Waals surface area contributed by atoms with Crippen LogP contribution in [0, 0.1) is 12.8 Å². The number of rotatable bonds is 2. The van der Waals surface area contributed by atoms with E-state index in [9.17, 15) is 0 Å². The van der Waals surface area contributed by atoms with Gasteiger partial charge in [0.25, 0.3) is 0 Å². The standard InChI is InChI=1S/C9H17N3/c1-6(2)8(4)12-5-9(10)7(3)11-12/h5-6,8H,10H2,1-4H3. The summed E-state index contributed by atoms with van der Waals surface area (Å²) in [5.74, 6) is 0.587. The van der Waals surface area contributed by atoms with Gasteiger partial charge in [-0.05, 0) is 19.8 Å². The number of hydrogen-bond acceptors (Lipinski definition) is 2. The molecule has 0 aliphatic carbocycles. The number of hydrogen-bond donors (Lipinski definition) is 1. The molecule has 0 fully saturated rings. The summed E-state index contributed by atoms with van der Waals surface area (Å²) in [6.07, 6.45) is 1.90. The molecule has 3 heteroatoms. The lowest BCUT2D eigenvalue weighted by atomic mass is 10.1. The van der Waals surface area contributed by atoms with Crippen molar-refractivity contribution < 1.29 is 0 Å². The van der Waals surface area contributed by atoms with Gasteiger partial charge >= 0.3 is 0 Å². The van der Waals surface area contributed by atoms with Crippen LogP contribution in [0.5, 0.6) is 0 Å². The average molecular weight is 167 g/mol. The molecular formula is C9H17N3. The molecule has 0 spiro atoms. The first-order chi connectivity index (χ1) is 5.52. The lowest BCUT2D eigenvalue weighted by molar-refractivity contribution is 0.374. The Morgan fingerprint density at radius 3 is 2.33 bits per heavy atom. The van der Waals surface area contributed by atoms with Crippen molar-refractivity contribution in [3.63, 3.8) is 0 Å². The van der Waals surface area contributed by atoms with Gasteiger partial charge in [-0.25, -0.2) is 0 Å². The Labute approximate surface area is 73.6 Å². The van der Waals surface area contributed by atoms with E-state index in [-0.39, 0.29) is 0 Å². The van der Waals surface area contributed by atoms with Crippen LogP contribution in [0.15, 0.2) is 6.20 Å². The molecule has 2 N–H and O–H groups in total. The predicted octanol–water partition coefficient (Wildman–Crippen LogP) is 1.99. The smallest absolute Gasteiger partial charge is 0.0823 e. The first-order valence-electron chi connectivity index (χ1n) is 4.33. The number of aryl methyl sites for hydroxylation is 1. The molecular weight excluding hydrogens is 150 g/mol. The maximum Gasteiger partial charge on any atom is 0.0823 e. The molecule has 12 heavy (non-hydrogen) atoms. The van der Waals surface area contributed by atoms with Crippen LogP contribution < -0.4 is 5.73 Å². The summed E-state index contributed by atoms with van der Waals surface area (Å²) in [5.41, 5.74) is 7.39. The SMILES string of the molecule is Cc1nn(C(C)C(C)C)cc1N. The van der Waals surface area contributed by atoms with Gasteiger partial charge in [0.1, 0.15) is 0 Å². The van der Waals surface area contributed by atoms with Gasteiger partial charge in [-0.1, -0.05) is 13.8 Å². The largest absolute Gasteiger partial charge is 0.396 e. The zero-order chi connectivity index (χ0) is 9.30. The van der Waals surface area contributed by atoms with Crippen molar-refractivity contribution in [2.45, 2.75) is 33.7 Å². The molecule has 0 amide bonds. The molecule has 1 heterocycles. The van der Waals surface area contributed by atoms with Crippen LogP contribution in [-0.2, 0) is 0 Å². The lowest BCUT2D eigenvalue weighted by Crippen LogP contribution is -2.11. The molecule has 0 radical (unpaired) electrons. The summed E-state index contributed by atoms with van der Waals surface area (Å²) < 4.78 is 1.94. The third kappa shape index (κ3) is 1.60. The lowest BCUT2D eigenvalue weighted by Gasteiger charge is -2.15. The summed E-state index contributed by atoms with van der Waals surface area (Å²) >= 11 is 0. The summed E-state index contributed by atoms with van der Waals surface area (Å²) in [7, 11) is 0. The highest BCUT2D eigenvalue weighted by atomic mass is 15.3. The van der Waals surface area contributed by atoms with Crippen molar-refractivity contribution in [1.82, 2.24) is 9.78 Å². The molecule has 3 nitrogen and oxygen atoms in total. The molecule has 0 aliphatic heterocycles. The van der Waals surface area contributed by atoms with Crippen molar-refractivity contribution in [1.29, 1.82) is 0 Å². The number of anilines is 1. The second-order valence-electron chi connectivity index (χ2n) is 3.63. The van der Waals surface area contributed by atoms with E-state index in [2.05, 4.69) is 25.9 Å². The zero-order valence-electron chi connectivity index (χ0n) is 8.20. The quantitative estimate of drug-likeness (QED) is 0.732. The van der Waals surface area contributed by atoms with Gasteiger partial charge in [-0.2, -0.15) is 5.10 Å². The van der Waals surface area contributed by atoms with Crippen molar-refractivity contribution in [3.8, 4) is 0 Å². The van der Waals surface area contributed by atoms with Crippen LogP contribution in [-0.4, -0.2) is 9.78 Å². The fourth-order valence-corrected chi connectivity index (χ4v) is 1.01. The highest BCUT2D eigenvalue weighted by Crippen LogP contribution is 2.18. The molecule has 0 aromatic carbocycles. The number of aromatic nitrogens is 2. The second-order valence-corrected chi connectivity index (χ2v) is 3.63. The summed E-state index contributed by atoms with van der Waals surface area (Å²) in [6.45, 7) is 8.44. The third-order valence-corrected chi connectivity index (χ3v) is 2.34. The first-order valence-corrected chi connectivity index (χ1v) is 4.33. The topological polar surface area (TPSA) is 43.8 Å². The van der Waals surface area contributed by atoms with E-state index < -0.39 is 0 Å². The molecule has 68 valence electrons. The average Bonchev–Trinajstić information content (AvgIpc) is 2.30. The highest BCUT2D eigenvalue weighted by Gasteiger charge is 2.11. The van der Waals surface area contributed by atoms with Gasteiger partial charge in [-0.15, -0.1) is 0 Å². The van der Waals surface area contributed by atoms with Gasteiger partial charge in [0.15, 0.2) is 0 Å². The van der Waals surface area contributed by atoms with E-state index in [4.69, 9.17) is 5.73 Å². The van der Waals surface area contributed by atoms with Gasteiger partial charge in [0.2, 0.25) is 0 Å². The van der Waals surface area contributed by atoms with Crippen LogP contribution >= 0.6 is 0 Å². The van der Waals surface area contributed by atoms with Crippen LogP contribution in [0.1, 0.15) is 32.5 Å². The van der Waals surface area contributed by atoms with Crippen LogP contribution in [0.25, 0.3) is 0 Å². The fraction of sp³-hybridized carbons (Fsp3) is 0.667. The molecule has 0 aliphatic rings. The van der Waals surface area contributed by atoms with E-state index in [1.54, 1.807) is 0 Å². The van der Waals surface area contributed by atoms with Crippen LogP contribution in [0.4, 0.5) is 5.69 Å². The van der Waals surface area contributed by atoms with Gasteiger partial charge in [0.05, 0.1) is 17.4 Å². The Bertz CT molecular complexity index is 243. The zero-order valence-corrected chi connectivity index (χ0v) is 8.20. The van der Waals surface area contributed by atoms with Gasteiger partial charge in [-0.3, -0.25) is 4.68 Å². The number of nitrogens with zero attached hydrogens (tertiary/aromatic N) is 2. The molecule has 1 aromatic heterocycles. The van der Waals surface area contributed by atoms with Crippen molar-refractivity contribution >= 4 is 5.69 Å². The minimum atomic E-state index is 0.418. The second kappa shape index (κ2) is 3.17. The normalized spacial score (nSPS) is 13.8. The van der Waals surface area contributed by atoms with Gasteiger partial charge in [0, 0.05) is 6.20 Å². The monoisotopic (exact) mass is 167 g/mol. The molecule has 1 unspecified atom stereocenters. The van der Waals surface area contributed by atoms with Crippen LogP contribution in [0.2, 0.25) is 0 Å². The Morgan fingerprint density at radius 2 is 2.00 bits per heavy atom. The van der Waals surface area contributed by atoms with Crippen molar-refractivity contribution in [2.75, 3.05) is 5.73 Å². The maximum atomic E-state index is 5.70. The minimum absolute atomic E-state index is 0.418. The molecule has 0 bridgehead atoms. The predicted molar refractivity (Wildman–Crippen MR) is 50.9 cm³/mol. The van der Waals surface area contributed by atoms with E-state index in [0.717, 1.165) is 11.4 Å². The Morgan fingerprint density at radius 1 is 1.42 bits per heavy atom. The van der Waals surface area contributed by atoms with E-state index in [1.807, 2.05) is 17.8 Å². The summed E-state index contributed by atoms with van der Waals surface area (Å²) in [5, 5.41) is 4.32. The van der Waals surface area contributed by atoms with Crippen LogP contribution in [0.3, 0.4) is 0 Å². The minimum Gasteiger partial charge on any atom is -0.396 e. The fourth-order valence-electron chi connectivity index (χ4n) is 1.01. The third-order valence-electron chi connectivity index (χ3n) is 2.34. The maximum absolute atomic E-state index is 5.70. The summed E-state index contributed by atoms with van der Waals surface area (Å²) in [4.78, 5) is 0. The van der Waals surface area contributed by atoms with E-state index in [0.29, 0.717) is 12.0 Å². The van der Waals surface area contributed by atoms with Crippen molar-refractivity contribution in [3.05, 3.63) is 11.9 Å². The van der Waals surface area contributed by atoms with Gasteiger partial charge < -0.3 is 5.73 Å². The molecule has 1 rings (SSSR count). The molecule has 1 aromatic rings. The Kier molecular flexibility index (Phi) is 2.40. The summed E-state index contributed by atoms with van der Waals surface area (Å²) in [6, 6.07) is 0.418. The van der Waals surface area contributed by atoms with E-state index in [1.165, 1.54) is 0 Å². The Hall–Kier alpha value is -0.990. The molecule has 0 saturated carbocycles. The van der Waals surface area contributed by atoms with Crippen molar-refractivity contribution in [2.24, 2.45) is 5.92 Å². The Balaban J connectivity index is 2.89. The highest BCUT2D eigenvalue weighted by molar-refractivity contribution is 5.39. The number of nitrogens with two attached hydrogens (primary N) is 1.